The third-order valence-electron chi connectivity index (χ3n) is 4.21. The van der Waals surface area contributed by atoms with Gasteiger partial charge in [-0.25, -0.2) is 0 Å². The van der Waals surface area contributed by atoms with Gasteiger partial charge in [0.25, 0.3) is 0 Å². The molecule has 0 saturated heterocycles. The summed E-state index contributed by atoms with van der Waals surface area (Å²) in [6.45, 7) is 7.54. The van der Waals surface area contributed by atoms with E-state index in [-0.39, 0.29) is 0 Å². The van der Waals surface area contributed by atoms with Crippen molar-refractivity contribution in [3.63, 3.8) is 0 Å². The second-order valence-corrected chi connectivity index (χ2v) is 6.68. The van der Waals surface area contributed by atoms with E-state index in [1.165, 1.54) is 63.4 Å². The number of nitrogens with zero attached hydrogens (tertiary/aromatic N) is 1. The molecule has 0 aliphatic heterocycles. The first kappa shape index (κ1) is 21.5. The fourth-order valence-electron chi connectivity index (χ4n) is 2.78. The molecule has 0 fully saturated rings. The number of rotatable bonds is 13. The molecule has 142 valence electrons. The minimum absolute atomic E-state index is 0.393. The van der Waals surface area contributed by atoms with Crippen LogP contribution >= 0.6 is 0 Å². The first-order valence-corrected chi connectivity index (χ1v) is 10.2. The summed E-state index contributed by atoms with van der Waals surface area (Å²) in [7, 11) is 0. The summed E-state index contributed by atoms with van der Waals surface area (Å²) in [5.41, 5.74) is 2.07. The maximum atomic E-state index is 5.73. The third-order valence-corrected chi connectivity index (χ3v) is 4.21. The van der Waals surface area contributed by atoms with Gasteiger partial charge in [-0.05, 0) is 38.0 Å². The van der Waals surface area contributed by atoms with Gasteiger partial charge in [-0.1, -0.05) is 76.8 Å². The highest BCUT2D eigenvalue weighted by atomic mass is 16.7. The molecule has 0 bridgehead atoms. The highest BCUT2D eigenvalue weighted by Gasteiger charge is 2.02. The quantitative estimate of drug-likeness (QED) is 0.219. The van der Waals surface area contributed by atoms with Crippen LogP contribution < -0.4 is 0 Å². The van der Waals surface area contributed by atoms with Crippen LogP contribution in [0.5, 0.6) is 0 Å². The van der Waals surface area contributed by atoms with Crippen LogP contribution in [0, 0.1) is 6.92 Å². The van der Waals surface area contributed by atoms with Crippen molar-refractivity contribution in [1.82, 2.24) is 0 Å². The molecule has 0 atom stereocenters. The van der Waals surface area contributed by atoms with Crippen LogP contribution in [0.4, 0.5) is 5.69 Å². The predicted molar refractivity (Wildman–Crippen MR) is 108 cm³/mol. The van der Waals surface area contributed by atoms with Crippen molar-refractivity contribution in [2.45, 2.75) is 85.0 Å². The summed E-state index contributed by atoms with van der Waals surface area (Å²) >= 11 is 0. The molecule has 0 N–H and O–H groups in total. The summed E-state index contributed by atoms with van der Waals surface area (Å²) in [4.78, 5) is 4.46. The largest absolute Gasteiger partial charge is 0.451 e. The Labute approximate surface area is 154 Å². The monoisotopic (exact) mass is 347 g/mol. The van der Waals surface area contributed by atoms with Crippen molar-refractivity contribution in [2.24, 2.45) is 4.99 Å². The van der Waals surface area contributed by atoms with E-state index in [4.69, 9.17) is 9.47 Å². The van der Waals surface area contributed by atoms with Crippen molar-refractivity contribution >= 4 is 11.8 Å². The van der Waals surface area contributed by atoms with Gasteiger partial charge in [0, 0.05) is 0 Å². The average Bonchev–Trinajstić information content (AvgIpc) is 2.60. The number of hydrogen-bond donors (Lipinski definition) is 0. The number of hydrogen-bond acceptors (Lipinski definition) is 3. The fourth-order valence-corrected chi connectivity index (χ4v) is 2.78. The molecular weight excluding hydrogens is 310 g/mol. The molecule has 0 aliphatic carbocycles. The topological polar surface area (TPSA) is 30.8 Å². The van der Waals surface area contributed by atoms with E-state index in [9.17, 15) is 0 Å². The Kier molecular flexibility index (Phi) is 12.7. The summed E-state index contributed by atoms with van der Waals surface area (Å²) in [6, 6.07) is 8.06. The molecule has 1 aromatic carbocycles. The van der Waals surface area contributed by atoms with Gasteiger partial charge >= 0.3 is 6.08 Å². The van der Waals surface area contributed by atoms with E-state index in [2.05, 4.69) is 24.9 Å². The fraction of sp³-hybridized carbons (Fsp3) is 0.682. The lowest BCUT2D eigenvalue weighted by molar-refractivity contribution is 0.170. The molecule has 0 amide bonds. The maximum absolute atomic E-state index is 5.73. The minimum Gasteiger partial charge on any atom is -0.451 e. The van der Waals surface area contributed by atoms with Crippen LogP contribution in [0.25, 0.3) is 0 Å². The van der Waals surface area contributed by atoms with Gasteiger partial charge in [0.2, 0.25) is 0 Å². The molecule has 1 rings (SSSR count). The Balaban J connectivity index is 2.13. The van der Waals surface area contributed by atoms with Gasteiger partial charge in [0.15, 0.2) is 0 Å². The molecule has 0 unspecified atom stereocenters. The van der Waals surface area contributed by atoms with E-state index in [0.29, 0.717) is 19.3 Å². The number of unbranched alkanes of at least 4 members (excludes halogenated alkanes) is 9. The summed E-state index contributed by atoms with van der Waals surface area (Å²) in [5.74, 6) is 0. The number of ether oxygens (including phenoxy) is 2. The van der Waals surface area contributed by atoms with Gasteiger partial charge in [0.1, 0.15) is 0 Å². The van der Waals surface area contributed by atoms with Crippen molar-refractivity contribution in [2.75, 3.05) is 13.2 Å². The summed E-state index contributed by atoms with van der Waals surface area (Å²) in [5, 5.41) is 0. The van der Waals surface area contributed by atoms with Crippen molar-refractivity contribution in [1.29, 1.82) is 0 Å². The van der Waals surface area contributed by atoms with Crippen LogP contribution in [0.3, 0.4) is 0 Å². The predicted octanol–water partition coefficient (Wildman–Crippen LogP) is 6.96. The normalized spacial score (nSPS) is 11.6. The van der Waals surface area contributed by atoms with E-state index < -0.39 is 0 Å². The van der Waals surface area contributed by atoms with Gasteiger partial charge in [0.05, 0.1) is 18.9 Å². The molecular formula is C22H37NO2. The Morgan fingerprint density at radius 3 is 2.08 bits per heavy atom. The van der Waals surface area contributed by atoms with Crippen molar-refractivity contribution < 1.29 is 9.47 Å². The number of benzene rings is 1. The molecule has 0 aromatic heterocycles. The van der Waals surface area contributed by atoms with Gasteiger partial charge < -0.3 is 9.47 Å². The smallest absolute Gasteiger partial charge is 0.388 e. The lowest BCUT2D eigenvalue weighted by Crippen LogP contribution is -2.10. The Bertz CT molecular complexity index is 471. The van der Waals surface area contributed by atoms with Gasteiger partial charge in [-0.3, -0.25) is 0 Å². The van der Waals surface area contributed by atoms with E-state index in [1.807, 2.05) is 25.1 Å². The van der Waals surface area contributed by atoms with E-state index in [1.54, 1.807) is 0 Å². The molecule has 1 aromatic rings. The van der Waals surface area contributed by atoms with Crippen molar-refractivity contribution in [3.05, 3.63) is 29.8 Å². The lowest BCUT2D eigenvalue weighted by atomic mass is 10.1. The first-order chi connectivity index (χ1) is 12.3. The molecule has 0 radical (unpaired) electrons. The summed E-state index contributed by atoms with van der Waals surface area (Å²) in [6.07, 6.45) is 13.6. The van der Waals surface area contributed by atoms with Gasteiger partial charge in [-0.15, -0.1) is 0 Å². The SMILES string of the molecule is CCCCCCCCCCCCOC(=Nc1cccc(C)c1)OCC. The molecule has 3 heteroatoms. The zero-order valence-electron chi connectivity index (χ0n) is 16.6. The van der Waals surface area contributed by atoms with E-state index in [0.717, 1.165) is 12.1 Å². The van der Waals surface area contributed by atoms with E-state index >= 15 is 0 Å². The van der Waals surface area contributed by atoms with Gasteiger partial charge in [-0.2, -0.15) is 4.99 Å². The number of aryl methyl sites for hydroxylation is 1. The summed E-state index contributed by atoms with van der Waals surface area (Å²) < 4.78 is 11.2. The molecule has 3 nitrogen and oxygen atoms in total. The maximum Gasteiger partial charge on any atom is 0.388 e. The Morgan fingerprint density at radius 1 is 0.840 bits per heavy atom. The van der Waals surface area contributed by atoms with Crippen LogP contribution in [0.2, 0.25) is 0 Å². The van der Waals surface area contributed by atoms with Crippen LogP contribution in [0.1, 0.15) is 83.6 Å². The second-order valence-electron chi connectivity index (χ2n) is 6.68. The molecule has 0 spiro atoms. The second kappa shape index (κ2) is 14.8. The Morgan fingerprint density at radius 2 is 1.48 bits per heavy atom. The third kappa shape index (κ3) is 11.6. The lowest BCUT2D eigenvalue weighted by Gasteiger charge is -2.09. The molecule has 0 saturated carbocycles. The zero-order chi connectivity index (χ0) is 18.2. The van der Waals surface area contributed by atoms with Crippen molar-refractivity contribution in [3.8, 4) is 0 Å². The Hall–Kier alpha value is -1.51. The molecule has 0 heterocycles. The zero-order valence-corrected chi connectivity index (χ0v) is 16.6. The highest BCUT2D eigenvalue weighted by molar-refractivity contribution is 5.71. The standard InChI is InChI=1S/C22H37NO2/c1-4-6-7-8-9-10-11-12-13-14-18-25-22(24-5-2)23-21-17-15-16-20(3)19-21/h15-17,19H,4-14,18H2,1-3H3. The average molecular weight is 348 g/mol. The first-order valence-electron chi connectivity index (χ1n) is 10.2. The number of aliphatic imine (C=N–C) groups is 1. The molecule has 25 heavy (non-hydrogen) atoms. The van der Waals surface area contributed by atoms with Crippen LogP contribution in [0.15, 0.2) is 29.3 Å². The minimum atomic E-state index is 0.393. The van der Waals surface area contributed by atoms with Crippen LogP contribution in [-0.4, -0.2) is 19.3 Å². The highest BCUT2D eigenvalue weighted by Crippen LogP contribution is 2.15. The van der Waals surface area contributed by atoms with Crippen LogP contribution in [-0.2, 0) is 9.47 Å². The molecule has 0 aliphatic rings.